The minimum atomic E-state index is -0.234. The number of benzene rings is 2. The van der Waals surface area contributed by atoms with Gasteiger partial charge in [0.25, 0.3) is 0 Å². The number of para-hydroxylation sites is 2. The van der Waals surface area contributed by atoms with Crippen LogP contribution in [0.25, 0.3) is 0 Å². The van der Waals surface area contributed by atoms with Crippen molar-refractivity contribution in [1.82, 2.24) is 0 Å². The summed E-state index contributed by atoms with van der Waals surface area (Å²) >= 11 is 6.21. The molecule has 0 saturated heterocycles. The molecule has 0 aliphatic heterocycles. The summed E-state index contributed by atoms with van der Waals surface area (Å²) < 4.78 is 5.76. The van der Waals surface area contributed by atoms with Gasteiger partial charge in [-0.25, -0.2) is 0 Å². The van der Waals surface area contributed by atoms with Crippen LogP contribution in [0.4, 0.5) is 17.1 Å². The number of nitrogens with one attached hydrogen (secondary N) is 3. The van der Waals surface area contributed by atoms with E-state index in [0.29, 0.717) is 46.8 Å². The number of amides is 2. The van der Waals surface area contributed by atoms with Gasteiger partial charge < -0.3 is 20.7 Å². The highest BCUT2D eigenvalue weighted by Crippen LogP contribution is 2.26. The molecule has 7 heteroatoms. The molecule has 6 nitrogen and oxygen atoms in total. The molecular formula is C22H28ClN3O3. The van der Waals surface area contributed by atoms with E-state index in [-0.39, 0.29) is 18.4 Å². The van der Waals surface area contributed by atoms with Crippen LogP contribution in [0.15, 0.2) is 42.5 Å². The molecule has 2 aromatic rings. The van der Waals surface area contributed by atoms with Crippen molar-refractivity contribution in [2.45, 2.75) is 33.6 Å². The van der Waals surface area contributed by atoms with Crippen molar-refractivity contribution < 1.29 is 14.3 Å². The zero-order valence-corrected chi connectivity index (χ0v) is 17.8. The van der Waals surface area contributed by atoms with Gasteiger partial charge in [0.15, 0.2) is 0 Å². The molecule has 0 atom stereocenters. The molecular weight excluding hydrogens is 390 g/mol. The van der Waals surface area contributed by atoms with Gasteiger partial charge >= 0.3 is 0 Å². The van der Waals surface area contributed by atoms with Crippen LogP contribution in [0.2, 0.25) is 5.02 Å². The summed E-state index contributed by atoms with van der Waals surface area (Å²) in [5, 5.41) is 9.14. The first-order valence-corrected chi connectivity index (χ1v) is 10.1. The minimum Gasteiger partial charge on any atom is -0.491 e. The molecule has 0 spiro atoms. The van der Waals surface area contributed by atoms with Gasteiger partial charge in [-0.2, -0.15) is 0 Å². The zero-order chi connectivity index (χ0) is 21.2. The van der Waals surface area contributed by atoms with Crippen molar-refractivity contribution in [2.75, 3.05) is 29.1 Å². The summed E-state index contributed by atoms with van der Waals surface area (Å²) in [5.74, 6) is 0.722. The molecule has 2 amide bonds. The Kier molecular flexibility index (Phi) is 8.80. The highest BCUT2D eigenvalue weighted by atomic mass is 35.5. The first kappa shape index (κ1) is 22.6. The van der Waals surface area contributed by atoms with E-state index in [1.807, 2.05) is 25.1 Å². The van der Waals surface area contributed by atoms with Gasteiger partial charge in [-0.1, -0.05) is 44.5 Å². The van der Waals surface area contributed by atoms with E-state index < -0.39 is 0 Å². The molecule has 0 aliphatic rings. The normalized spacial score (nSPS) is 10.5. The predicted octanol–water partition coefficient (Wildman–Crippen LogP) is 5.16. The molecule has 0 fully saturated rings. The van der Waals surface area contributed by atoms with Crippen molar-refractivity contribution >= 4 is 40.5 Å². The summed E-state index contributed by atoms with van der Waals surface area (Å²) in [6.07, 6.45) is 1.22. The molecule has 0 aromatic heterocycles. The lowest BCUT2D eigenvalue weighted by atomic mass is 10.2. The third kappa shape index (κ3) is 7.66. The summed E-state index contributed by atoms with van der Waals surface area (Å²) in [6.45, 7) is 6.66. The van der Waals surface area contributed by atoms with Crippen LogP contribution in [-0.4, -0.2) is 25.0 Å². The van der Waals surface area contributed by atoms with E-state index in [1.165, 1.54) is 0 Å². The zero-order valence-electron chi connectivity index (χ0n) is 17.0. The molecule has 29 heavy (non-hydrogen) atoms. The molecule has 2 rings (SSSR count). The molecule has 0 saturated carbocycles. The molecule has 3 N–H and O–H groups in total. The Morgan fingerprint density at radius 1 is 1.03 bits per heavy atom. The van der Waals surface area contributed by atoms with E-state index in [2.05, 4.69) is 29.8 Å². The number of carbonyl (C=O) groups excluding carboxylic acids is 2. The average molecular weight is 418 g/mol. The second kappa shape index (κ2) is 11.3. The first-order valence-electron chi connectivity index (χ1n) is 9.74. The predicted molar refractivity (Wildman–Crippen MR) is 119 cm³/mol. The fourth-order valence-corrected chi connectivity index (χ4v) is 2.70. The number of anilines is 3. The third-order valence-electron chi connectivity index (χ3n) is 3.90. The Balaban J connectivity index is 1.96. The number of ether oxygens (including phenoxy) is 1. The van der Waals surface area contributed by atoms with Gasteiger partial charge in [0.2, 0.25) is 11.8 Å². The Morgan fingerprint density at radius 3 is 2.52 bits per heavy atom. The lowest BCUT2D eigenvalue weighted by Gasteiger charge is -2.15. The van der Waals surface area contributed by atoms with Crippen LogP contribution in [0.1, 0.15) is 33.6 Å². The monoisotopic (exact) mass is 417 g/mol. The number of rotatable bonds is 10. The standard InChI is InChI=1S/C22H28ClN3O3/c1-4-7-21(27)25-16-10-11-17(23)19(12-16)24-13-22(28)26-18-8-5-6-9-20(18)29-14-15(2)3/h5-6,8-12,15,24H,4,7,13-14H2,1-3H3,(H,25,27)(H,26,28). The molecule has 0 bridgehead atoms. The molecule has 0 radical (unpaired) electrons. The van der Waals surface area contributed by atoms with E-state index in [4.69, 9.17) is 16.3 Å². The highest BCUT2D eigenvalue weighted by Gasteiger charge is 2.10. The maximum Gasteiger partial charge on any atom is 0.243 e. The van der Waals surface area contributed by atoms with E-state index in [0.717, 1.165) is 6.42 Å². The van der Waals surface area contributed by atoms with Crippen LogP contribution in [-0.2, 0) is 9.59 Å². The SMILES string of the molecule is CCCC(=O)Nc1ccc(Cl)c(NCC(=O)Nc2ccccc2OCC(C)C)c1. The minimum absolute atomic E-state index is 0.0184. The van der Waals surface area contributed by atoms with Crippen molar-refractivity contribution in [3.05, 3.63) is 47.5 Å². The lowest BCUT2D eigenvalue weighted by molar-refractivity contribution is -0.116. The van der Waals surface area contributed by atoms with Crippen molar-refractivity contribution in [1.29, 1.82) is 0 Å². The van der Waals surface area contributed by atoms with Crippen molar-refractivity contribution in [2.24, 2.45) is 5.92 Å². The second-order valence-corrected chi connectivity index (χ2v) is 7.50. The average Bonchev–Trinajstić information content (AvgIpc) is 2.68. The van der Waals surface area contributed by atoms with Gasteiger partial charge in [-0.15, -0.1) is 0 Å². The largest absolute Gasteiger partial charge is 0.491 e. The highest BCUT2D eigenvalue weighted by molar-refractivity contribution is 6.33. The number of carbonyl (C=O) groups is 2. The molecule has 2 aromatic carbocycles. The molecule has 0 unspecified atom stereocenters. The van der Waals surface area contributed by atoms with Gasteiger partial charge in [0.05, 0.1) is 29.5 Å². The van der Waals surface area contributed by atoms with Crippen LogP contribution < -0.4 is 20.7 Å². The maximum atomic E-state index is 12.4. The van der Waals surface area contributed by atoms with Gasteiger partial charge in [0, 0.05) is 12.1 Å². The van der Waals surface area contributed by atoms with E-state index in [1.54, 1.807) is 24.3 Å². The Labute approximate surface area is 177 Å². The van der Waals surface area contributed by atoms with E-state index >= 15 is 0 Å². The Morgan fingerprint density at radius 2 is 1.79 bits per heavy atom. The van der Waals surface area contributed by atoms with Crippen LogP contribution in [0.5, 0.6) is 5.75 Å². The topological polar surface area (TPSA) is 79.5 Å². The fraction of sp³-hybridized carbons (Fsp3) is 0.364. The fourth-order valence-electron chi connectivity index (χ4n) is 2.51. The smallest absolute Gasteiger partial charge is 0.243 e. The van der Waals surface area contributed by atoms with E-state index in [9.17, 15) is 9.59 Å². The number of halogens is 1. The summed E-state index contributed by atoms with van der Waals surface area (Å²) in [7, 11) is 0. The van der Waals surface area contributed by atoms with Gasteiger partial charge in [0.1, 0.15) is 5.75 Å². The molecule has 0 aliphatic carbocycles. The third-order valence-corrected chi connectivity index (χ3v) is 4.23. The quantitative estimate of drug-likeness (QED) is 0.498. The maximum absolute atomic E-state index is 12.4. The van der Waals surface area contributed by atoms with Crippen molar-refractivity contribution in [3.8, 4) is 5.75 Å². The number of hydrogen-bond acceptors (Lipinski definition) is 4. The van der Waals surface area contributed by atoms with Crippen molar-refractivity contribution in [3.63, 3.8) is 0 Å². The summed E-state index contributed by atoms with van der Waals surface area (Å²) in [4.78, 5) is 24.2. The van der Waals surface area contributed by atoms with Gasteiger partial charge in [-0.3, -0.25) is 9.59 Å². The summed E-state index contributed by atoms with van der Waals surface area (Å²) in [6, 6.07) is 12.4. The molecule has 156 valence electrons. The second-order valence-electron chi connectivity index (χ2n) is 7.10. The van der Waals surface area contributed by atoms with Crippen LogP contribution in [0.3, 0.4) is 0 Å². The van der Waals surface area contributed by atoms with Gasteiger partial charge in [-0.05, 0) is 42.7 Å². The summed E-state index contributed by atoms with van der Waals surface area (Å²) in [5.41, 5.74) is 1.82. The molecule has 0 heterocycles. The Hall–Kier alpha value is -2.73. The Bertz CT molecular complexity index is 840. The van der Waals surface area contributed by atoms with Crippen LogP contribution >= 0.6 is 11.6 Å². The number of hydrogen-bond donors (Lipinski definition) is 3. The van der Waals surface area contributed by atoms with Crippen LogP contribution in [0, 0.1) is 5.92 Å². The lowest BCUT2D eigenvalue weighted by Crippen LogP contribution is -2.22. The first-order chi connectivity index (χ1) is 13.9.